The van der Waals surface area contributed by atoms with Gasteiger partial charge in [0.2, 0.25) is 0 Å². The van der Waals surface area contributed by atoms with Crippen molar-refractivity contribution in [2.24, 2.45) is 0 Å². The van der Waals surface area contributed by atoms with Gasteiger partial charge in [0.15, 0.2) is 5.58 Å². The maximum absolute atomic E-state index is 9.20. The number of fused-ring (bicyclic) bond motifs is 1. The lowest BCUT2D eigenvalue weighted by Gasteiger charge is -2.10. The minimum atomic E-state index is -0.185. The number of hydrogen-bond donors (Lipinski definition) is 2. The zero-order chi connectivity index (χ0) is 11.2. The van der Waals surface area contributed by atoms with E-state index in [0.29, 0.717) is 6.01 Å². The third-order valence-electron chi connectivity index (χ3n) is 3.07. The van der Waals surface area contributed by atoms with E-state index in [9.17, 15) is 5.11 Å². The highest BCUT2D eigenvalue weighted by molar-refractivity contribution is 5.75. The van der Waals surface area contributed by atoms with Crippen LogP contribution < -0.4 is 5.32 Å². The van der Waals surface area contributed by atoms with E-state index >= 15 is 0 Å². The Morgan fingerprint density at radius 1 is 1.50 bits per heavy atom. The number of benzene rings is 1. The van der Waals surface area contributed by atoms with E-state index in [1.165, 1.54) is 0 Å². The fourth-order valence-electron chi connectivity index (χ4n) is 1.79. The summed E-state index contributed by atoms with van der Waals surface area (Å²) in [4.78, 5) is 4.36. The molecule has 0 radical (unpaired) electrons. The van der Waals surface area contributed by atoms with Crippen LogP contribution in [0.4, 0.5) is 6.01 Å². The highest BCUT2D eigenvalue weighted by Crippen LogP contribution is 2.38. The van der Waals surface area contributed by atoms with E-state index in [4.69, 9.17) is 4.42 Å². The predicted octanol–water partition coefficient (Wildman–Crippen LogP) is 2.07. The summed E-state index contributed by atoms with van der Waals surface area (Å²) in [6.07, 6.45) is 1.95. The minimum absolute atomic E-state index is 0.130. The van der Waals surface area contributed by atoms with Crippen molar-refractivity contribution in [3.8, 4) is 0 Å². The topological polar surface area (TPSA) is 58.3 Å². The highest BCUT2D eigenvalue weighted by Gasteiger charge is 2.43. The van der Waals surface area contributed by atoms with Gasteiger partial charge in [-0.25, -0.2) is 0 Å². The number of anilines is 1. The molecule has 1 heterocycles. The Kier molecular flexibility index (Phi) is 1.94. The summed E-state index contributed by atoms with van der Waals surface area (Å²) in [5.74, 6) is 0. The van der Waals surface area contributed by atoms with Gasteiger partial charge in [0, 0.05) is 0 Å². The van der Waals surface area contributed by atoms with E-state index in [1.807, 2.05) is 25.1 Å². The van der Waals surface area contributed by atoms with Crippen LogP contribution in [-0.2, 0) is 0 Å². The third kappa shape index (κ3) is 1.55. The summed E-state index contributed by atoms with van der Waals surface area (Å²) in [5, 5.41) is 12.4. The summed E-state index contributed by atoms with van der Waals surface area (Å²) in [6.45, 7) is 2.15. The van der Waals surface area contributed by atoms with Crippen molar-refractivity contribution < 1.29 is 9.52 Å². The molecule has 0 aliphatic heterocycles. The quantitative estimate of drug-likeness (QED) is 0.828. The Labute approximate surface area is 93.3 Å². The van der Waals surface area contributed by atoms with Gasteiger partial charge < -0.3 is 14.8 Å². The molecule has 2 N–H and O–H groups in total. The maximum Gasteiger partial charge on any atom is 0.296 e. The molecular formula is C12H14N2O2. The highest BCUT2D eigenvalue weighted by atomic mass is 16.4. The van der Waals surface area contributed by atoms with Crippen LogP contribution in [0.5, 0.6) is 0 Å². The third-order valence-corrected chi connectivity index (χ3v) is 3.07. The van der Waals surface area contributed by atoms with Crippen LogP contribution >= 0.6 is 0 Å². The van der Waals surface area contributed by atoms with E-state index in [0.717, 1.165) is 29.5 Å². The van der Waals surface area contributed by atoms with Crippen molar-refractivity contribution in [2.45, 2.75) is 25.3 Å². The van der Waals surface area contributed by atoms with Gasteiger partial charge in [-0.15, -0.1) is 0 Å². The lowest BCUT2D eigenvalue weighted by atomic mass is 10.2. The number of rotatable bonds is 3. The second-order valence-electron chi connectivity index (χ2n) is 4.55. The van der Waals surface area contributed by atoms with Gasteiger partial charge in [-0.3, -0.25) is 0 Å². The van der Waals surface area contributed by atoms with E-state index in [2.05, 4.69) is 10.3 Å². The predicted molar refractivity (Wildman–Crippen MR) is 61.4 cm³/mol. The smallest absolute Gasteiger partial charge is 0.296 e. The first-order chi connectivity index (χ1) is 7.71. The van der Waals surface area contributed by atoms with Crippen molar-refractivity contribution in [3.63, 3.8) is 0 Å². The molecule has 1 aromatic heterocycles. The van der Waals surface area contributed by atoms with Crippen LogP contribution in [0.2, 0.25) is 0 Å². The maximum atomic E-state index is 9.20. The summed E-state index contributed by atoms with van der Waals surface area (Å²) in [6, 6.07) is 6.41. The molecule has 16 heavy (non-hydrogen) atoms. The molecule has 0 saturated heterocycles. The molecule has 1 saturated carbocycles. The van der Waals surface area contributed by atoms with Crippen molar-refractivity contribution in [1.82, 2.24) is 4.98 Å². The Bertz CT molecular complexity index is 529. The van der Waals surface area contributed by atoms with Gasteiger partial charge in [0.25, 0.3) is 6.01 Å². The molecule has 4 heteroatoms. The Hall–Kier alpha value is -1.55. The first kappa shape index (κ1) is 9.66. The average Bonchev–Trinajstić information content (AvgIpc) is 2.92. The molecule has 3 rings (SSSR count). The van der Waals surface area contributed by atoms with Crippen molar-refractivity contribution in [1.29, 1.82) is 0 Å². The number of aryl methyl sites for hydroxylation is 1. The number of aromatic nitrogens is 1. The number of hydrogen-bond acceptors (Lipinski definition) is 4. The Morgan fingerprint density at radius 3 is 3.00 bits per heavy atom. The normalized spacial score (nSPS) is 17.6. The first-order valence-corrected chi connectivity index (χ1v) is 5.47. The molecule has 1 aliphatic rings. The van der Waals surface area contributed by atoms with Gasteiger partial charge in [-0.05, 0) is 37.5 Å². The fraction of sp³-hybridized carbons (Fsp3) is 0.417. The molecule has 1 aromatic carbocycles. The second kappa shape index (κ2) is 3.22. The number of aliphatic hydroxyl groups excluding tert-OH is 1. The Morgan fingerprint density at radius 2 is 2.31 bits per heavy atom. The Balaban J connectivity index is 1.93. The minimum Gasteiger partial charge on any atom is -0.424 e. The molecule has 1 fully saturated rings. The second-order valence-corrected chi connectivity index (χ2v) is 4.55. The van der Waals surface area contributed by atoms with Crippen molar-refractivity contribution in [3.05, 3.63) is 23.8 Å². The number of nitrogens with zero attached hydrogens (tertiary/aromatic N) is 1. The van der Waals surface area contributed by atoms with Crippen LogP contribution in [0.3, 0.4) is 0 Å². The SMILES string of the molecule is Cc1ccc2oc(NC3(CO)CC3)nc2c1. The zero-order valence-corrected chi connectivity index (χ0v) is 9.16. The van der Waals surface area contributed by atoms with E-state index in [1.54, 1.807) is 0 Å². The molecule has 0 bridgehead atoms. The van der Waals surface area contributed by atoms with Gasteiger partial charge in [0.05, 0.1) is 12.1 Å². The lowest BCUT2D eigenvalue weighted by molar-refractivity contribution is 0.264. The summed E-state index contributed by atoms with van der Waals surface area (Å²) in [7, 11) is 0. The molecule has 2 aromatic rings. The van der Waals surface area contributed by atoms with E-state index < -0.39 is 0 Å². The van der Waals surface area contributed by atoms with Gasteiger partial charge >= 0.3 is 0 Å². The molecule has 0 spiro atoms. The standard InChI is InChI=1S/C12H14N2O2/c1-8-2-3-10-9(6-8)13-11(16-10)14-12(7-15)4-5-12/h2-3,6,15H,4-5,7H2,1H3,(H,13,14). The lowest BCUT2D eigenvalue weighted by Crippen LogP contribution is -2.25. The number of nitrogens with one attached hydrogen (secondary N) is 1. The summed E-state index contributed by atoms with van der Waals surface area (Å²) >= 11 is 0. The fourth-order valence-corrected chi connectivity index (χ4v) is 1.79. The molecule has 4 nitrogen and oxygen atoms in total. The van der Waals surface area contributed by atoms with Gasteiger partial charge in [-0.2, -0.15) is 4.98 Å². The van der Waals surface area contributed by atoms with Crippen LogP contribution in [0.1, 0.15) is 18.4 Å². The number of aliphatic hydroxyl groups is 1. The molecule has 1 aliphatic carbocycles. The van der Waals surface area contributed by atoms with Crippen LogP contribution in [0.15, 0.2) is 22.6 Å². The van der Waals surface area contributed by atoms with Crippen LogP contribution in [0, 0.1) is 6.92 Å². The van der Waals surface area contributed by atoms with Gasteiger partial charge in [-0.1, -0.05) is 6.07 Å². The molecule has 84 valence electrons. The van der Waals surface area contributed by atoms with Gasteiger partial charge in [0.1, 0.15) is 5.52 Å². The summed E-state index contributed by atoms with van der Waals surface area (Å²) in [5.41, 5.74) is 2.62. The monoisotopic (exact) mass is 218 g/mol. The van der Waals surface area contributed by atoms with Crippen LogP contribution in [0.25, 0.3) is 11.1 Å². The molecule has 0 amide bonds. The average molecular weight is 218 g/mol. The largest absolute Gasteiger partial charge is 0.424 e. The summed E-state index contributed by atoms with van der Waals surface area (Å²) < 4.78 is 5.57. The number of oxazole rings is 1. The molecular weight excluding hydrogens is 204 g/mol. The first-order valence-electron chi connectivity index (χ1n) is 5.47. The molecule has 0 unspecified atom stereocenters. The van der Waals surface area contributed by atoms with Crippen molar-refractivity contribution in [2.75, 3.05) is 11.9 Å². The molecule has 0 atom stereocenters. The zero-order valence-electron chi connectivity index (χ0n) is 9.16. The van der Waals surface area contributed by atoms with Crippen LogP contribution in [-0.4, -0.2) is 22.2 Å². The van der Waals surface area contributed by atoms with Crippen molar-refractivity contribution >= 4 is 17.1 Å². The van der Waals surface area contributed by atoms with E-state index in [-0.39, 0.29) is 12.1 Å².